The van der Waals surface area contributed by atoms with Crippen LogP contribution in [0.4, 0.5) is 4.39 Å². The van der Waals surface area contributed by atoms with Crippen molar-refractivity contribution in [3.63, 3.8) is 0 Å². The van der Waals surface area contributed by atoms with Gasteiger partial charge in [0.05, 0.1) is 12.3 Å². The molecule has 2 aliphatic rings. The molecule has 1 heterocycles. The molecule has 3 heteroatoms. The summed E-state index contributed by atoms with van der Waals surface area (Å²) in [4.78, 5) is 3.69. The minimum absolute atomic E-state index is 0.255. The molecule has 2 nitrogen and oxygen atoms in total. The zero-order chi connectivity index (χ0) is 10.4. The van der Waals surface area contributed by atoms with Crippen LogP contribution >= 0.6 is 0 Å². The zero-order valence-corrected chi connectivity index (χ0v) is 8.44. The third-order valence-corrected chi connectivity index (χ3v) is 3.85. The van der Waals surface area contributed by atoms with Crippen LogP contribution in [0.5, 0.6) is 0 Å². The highest BCUT2D eigenvalue weighted by Crippen LogP contribution is 2.57. The predicted octanol–water partition coefficient (Wildman–Crippen LogP) is 2.30. The summed E-state index contributed by atoms with van der Waals surface area (Å²) in [5.41, 5.74) is 0.413. The van der Waals surface area contributed by atoms with Crippen LogP contribution in [0.2, 0.25) is 0 Å². The fraction of sp³-hybridized carbons (Fsp3) is 0.583. The first-order valence-corrected chi connectivity index (χ1v) is 5.53. The Morgan fingerprint density at radius 3 is 2.73 bits per heavy atom. The van der Waals surface area contributed by atoms with Crippen LogP contribution < -0.4 is 0 Å². The van der Waals surface area contributed by atoms with Crippen LogP contribution in [0, 0.1) is 23.6 Å². The van der Waals surface area contributed by atoms with Gasteiger partial charge in [-0.25, -0.2) is 4.39 Å². The largest absolute Gasteiger partial charge is 0.388 e. The lowest BCUT2D eigenvalue weighted by Gasteiger charge is -2.19. The maximum atomic E-state index is 13.4. The predicted molar refractivity (Wildman–Crippen MR) is 53.5 cm³/mol. The zero-order valence-electron chi connectivity index (χ0n) is 8.44. The molecule has 0 spiro atoms. The molecule has 1 aromatic heterocycles. The SMILES string of the molecule is OC(c1ccncc1F)C1CC2CC2C1. The fourth-order valence-corrected chi connectivity index (χ4v) is 2.90. The molecule has 0 radical (unpaired) electrons. The molecule has 2 aliphatic carbocycles. The van der Waals surface area contributed by atoms with Gasteiger partial charge in [-0.15, -0.1) is 0 Å². The van der Waals surface area contributed by atoms with E-state index in [1.54, 1.807) is 6.07 Å². The molecule has 80 valence electrons. The van der Waals surface area contributed by atoms with Crippen molar-refractivity contribution in [2.24, 2.45) is 17.8 Å². The Hall–Kier alpha value is -0.960. The van der Waals surface area contributed by atoms with E-state index in [9.17, 15) is 9.50 Å². The molecule has 0 bridgehead atoms. The quantitative estimate of drug-likeness (QED) is 0.807. The van der Waals surface area contributed by atoms with E-state index in [1.165, 1.54) is 18.8 Å². The number of rotatable bonds is 2. The number of halogens is 1. The number of aromatic nitrogens is 1. The fourth-order valence-electron chi connectivity index (χ4n) is 2.90. The van der Waals surface area contributed by atoms with Crippen molar-refractivity contribution >= 4 is 0 Å². The summed E-state index contributed by atoms with van der Waals surface area (Å²) in [6.45, 7) is 0. The first-order chi connectivity index (χ1) is 7.25. The molecule has 2 saturated carbocycles. The Bertz CT molecular complexity index is 372. The van der Waals surface area contributed by atoms with Crippen LogP contribution in [-0.2, 0) is 0 Å². The van der Waals surface area contributed by atoms with Gasteiger partial charge in [0, 0.05) is 11.8 Å². The molecule has 1 aromatic rings. The van der Waals surface area contributed by atoms with E-state index in [-0.39, 0.29) is 11.7 Å². The first-order valence-electron chi connectivity index (χ1n) is 5.53. The molecule has 3 unspecified atom stereocenters. The van der Waals surface area contributed by atoms with E-state index in [2.05, 4.69) is 4.98 Å². The van der Waals surface area contributed by atoms with Crippen molar-refractivity contribution in [2.45, 2.75) is 25.4 Å². The topological polar surface area (TPSA) is 33.1 Å². The van der Waals surface area contributed by atoms with Crippen molar-refractivity contribution in [3.8, 4) is 0 Å². The Labute approximate surface area is 88.2 Å². The molecule has 15 heavy (non-hydrogen) atoms. The summed E-state index contributed by atoms with van der Waals surface area (Å²) in [5.74, 6) is 1.50. The van der Waals surface area contributed by atoms with E-state index in [1.807, 2.05) is 0 Å². The number of aliphatic hydroxyl groups is 1. The first kappa shape index (κ1) is 9.28. The maximum absolute atomic E-state index is 13.4. The minimum Gasteiger partial charge on any atom is -0.388 e. The van der Waals surface area contributed by atoms with E-state index >= 15 is 0 Å². The van der Waals surface area contributed by atoms with Crippen molar-refractivity contribution in [1.82, 2.24) is 4.98 Å². The van der Waals surface area contributed by atoms with Gasteiger partial charge in [-0.2, -0.15) is 0 Å². The molecular weight excluding hydrogens is 193 g/mol. The van der Waals surface area contributed by atoms with E-state index < -0.39 is 6.10 Å². The van der Waals surface area contributed by atoms with Crippen molar-refractivity contribution in [2.75, 3.05) is 0 Å². The molecule has 0 amide bonds. The average molecular weight is 207 g/mol. The lowest BCUT2D eigenvalue weighted by Crippen LogP contribution is -2.12. The summed E-state index contributed by atoms with van der Waals surface area (Å²) in [7, 11) is 0. The van der Waals surface area contributed by atoms with Gasteiger partial charge in [-0.05, 0) is 43.1 Å². The normalized spacial score (nSPS) is 34.9. The smallest absolute Gasteiger partial charge is 0.147 e. The Morgan fingerprint density at radius 2 is 2.07 bits per heavy atom. The standard InChI is InChI=1S/C12H14FNO/c13-11-6-14-2-1-10(11)12(15)9-4-7-3-8(7)5-9/h1-2,6-9,12,15H,3-5H2. The van der Waals surface area contributed by atoms with Crippen molar-refractivity contribution in [3.05, 3.63) is 29.8 Å². The molecule has 0 saturated heterocycles. The Kier molecular flexibility index (Phi) is 2.02. The highest BCUT2D eigenvalue weighted by atomic mass is 19.1. The van der Waals surface area contributed by atoms with Gasteiger partial charge in [0.25, 0.3) is 0 Å². The highest BCUT2D eigenvalue weighted by molar-refractivity contribution is 5.17. The summed E-state index contributed by atoms with van der Waals surface area (Å²) in [5, 5.41) is 10.1. The number of aliphatic hydroxyl groups excluding tert-OH is 1. The van der Waals surface area contributed by atoms with Gasteiger partial charge in [-0.1, -0.05) is 0 Å². The number of fused-ring (bicyclic) bond motifs is 1. The lowest BCUT2D eigenvalue weighted by molar-refractivity contribution is 0.101. The second-order valence-corrected chi connectivity index (χ2v) is 4.83. The second kappa shape index (κ2) is 3.27. The molecule has 2 fully saturated rings. The van der Waals surface area contributed by atoms with E-state index in [4.69, 9.17) is 0 Å². The average Bonchev–Trinajstić information content (AvgIpc) is 2.86. The van der Waals surface area contributed by atoms with Gasteiger partial charge in [0.2, 0.25) is 0 Å². The van der Waals surface area contributed by atoms with Crippen LogP contribution in [0.3, 0.4) is 0 Å². The molecule has 1 N–H and O–H groups in total. The van der Waals surface area contributed by atoms with Crippen LogP contribution in [0.25, 0.3) is 0 Å². The molecule has 3 rings (SSSR count). The summed E-state index contributed by atoms with van der Waals surface area (Å²) < 4.78 is 13.4. The Morgan fingerprint density at radius 1 is 1.33 bits per heavy atom. The van der Waals surface area contributed by atoms with Crippen molar-refractivity contribution < 1.29 is 9.50 Å². The molecule has 0 aromatic carbocycles. The lowest BCUT2D eigenvalue weighted by atomic mass is 9.92. The highest BCUT2D eigenvalue weighted by Gasteiger charge is 2.48. The number of hydrogen-bond acceptors (Lipinski definition) is 2. The summed E-state index contributed by atoms with van der Waals surface area (Å²) >= 11 is 0. The molecular formula is C12H14FNO. The van der Waals surface area contributed by atoms with Gasteiger partial charge >= 0.3 is 0 Å². The van der Waals surface area contributed by atoms with Crippen molar-refractivity contribution in [1.29, 1.82) is 0 Å². The van der Waals surface area contributed by atoms with Crippen LogP contribution in [0.1, 0.15) is 30.9 Å². The maximum Gasteiger partial charge on any atom is 0.147 e. The number of hydrogen-bond donors (Lipinski definition) is 1. The second-order valence-electron chi connectivity index (χ2n) is 4.83. The monoisotopic (exact) mass is 207 g/mol. The van der Waals surface area contributed by atoms with E-state index in [0.717, 1.165) is 24.7 Å². The van der Waals surface area contributed by atoms with Gasteiger partial charge < -0.3 is 5.11 Å². The summed E-state index contributed by atoms with van der Waals surface area (Å²) in [6.07, 6.45) is 5.52. The van der Waals surface area contributed by atoms with Gasteiger partial charge in [-0.3, -0.25) is 4.98 Å². The molecule has 0 aliphatic heterocycles. The van der Waals surface area contributed by atoms with Gasteiger partial charge in [0.15, 0.2) is 0 Å². The van der Waals surface area contributed by atoms with Gasteiger partial charge in [0.1, 0.15) is 5.82 Å². The third kappa shape index (κ3) is 1.55. The third-order valence-electron chi connectivity index (χ3n) is 3.85. The Balaban J connectivity index is 1.79. The number of nitrogens with zero attached hydrogens (tertiary/aromatic N) is 1. The number of pyridine rings is 1. The summed E-state index contributed by atoms with van der Waals surface area (Å²) in [6, 6.07) is 1.59. The molecule has 3 atom stereocenters. The van der Waals surface area contributed by atoms with Crippen LogP contribution in [-0.4, -0.2) is 10.1 Å². The van der Waals surface area contributed by atoms with E-state index in [0.29, 0.717) is 5.56 Å². The minimum atomic E-state index is -0.638. The van der Waals surface area contributed by atoms with Crippen LogP contribution in [0.15, 0.2) is 18.5 Å².